The second-order valence-corrected chi connectivity index (χ2v) is 8.36. The molecule has 1 amide bonds. The number of nitrogens with one attached hydrogen (secondary N) is 1. The first-order chi connectivity index (χ1) is 15.4. The summed E-state index contributed by atoms with van der Waals surface area (Å²) in [4.78, 5) is 12.5. The Morgan fingerprint density at radius 3 is 2.06 bits per heavy atom. The molecule has 0 radical (unpaired) electrons. The van der Waals surface area contributed by atoms with Crippen LogP contribution in [0, 0.1) is 0 Å². The highest BCUT2D eigenvalue weighted by molar-refractivity contribution is 5.82. The number of benzene rings is 3. The fourth-order valence-corrected chi connectivity index (χ4v) is 3.55. The molecule has 0 aliphatic heterocycles. The molecule has 0 aliphatic carbocycles. The number of ether oxygens (including phenoxy) is 1. The van der Waals surface area contributed by atoms with Gasteiger partial charge in [-0.25, -0.2) is 0 Å². The maximum atomic E-state index is 12.5. The van der Waals surface area contributed by atoms with E-state index in [2.05, 4.69) is 29.6 Å². The van der Waals surface area contributed by atoms with E-state index in [0.717, 1.165) is 17.5 Å². The van der Waals surface area contributed by atoms with Crippen molar-refractivity contribution in [1.29, 1.82) is 0 Å². The Morgan fingerprint density at radius 1 is 0.875 bits per heavy atom. The molecule has 3 aromatic rings. The van der Waals surface area contributed by atoms with Crippen molar-refractivity contribution in [3.63, 3.8) is 0 Å². The summed E-state index contributed by atoms with van der Waals surface area (Å²) in [6.45, 7) is 4.39. The van der Waals surface area contributed by atoms with Gasteiger partial charge in [0.2, 0.25) is 0 Å². The van der Waals surface area contributed by atoms with E-state index in [1.54, 1.807) is 24.3 Å². The predicted molar refractivity (Wildman–Crippen MR) is 127 cm³/mol. The molecule has 4 N–H and O–H groups in total. The summed E-state index contributed by atoms with van der Waals surface area (Å²) in [5, 5.41) is 13.4. The normalized spacial score (nSPS) is 13.8. The van der Waals surface area contributed by atoms with Gasteiger partial charge in [-0.05, 0) is 61.1 Å². The Hall–Kier alpha value is -3.15. The molecule has 0 spiro atoms. The number of hydrogen-bond acceptors (Lipinski definition) is 4. The molecule has 0 fully saturated rings. The van der Waals surface area contributed by atoms with Crippen LogP contribution in [0.4, 0.5) is 0 Å². The maximum absolute atomic E-state index is 12.5. The minimum atomic E-state index is -1.23. The van der Waals surface area contributed by atoms with Gasteiger partial charge in [-0.1, -0.05) is 66.7 Å². The van der Waals surface area contributed by atoms with Crippen molar-refractivity contribution >= 4 is 5.91 Å². The molecule has 5 heteroatoms. The van der Waals surface area contributed by atoms with Crippen molar-refractivity contribution in [3.8, 4) is 5.75 Å². The number of aliphatic hydroxyl groups is 1. The van der Waals surface area contributed by atoms with Gasteiger partial charge in [0.1, 0.15) is 12.4 Å². The number of carbonyl (C=O) groups is 1. The summed E-state index contributed by atoms with van der Waals surface area (Å²) >= 11 is 0. The van der Waals surface area contributed by atoms with E-state index in [1.807, 2.05) is 44.2 Å². The molecule has 0 heterocycles. The highest BCUT2D eigenvalue weighted by atomic mass is 16.5. The van der Waals surface area contributed by atoms with Gasteiger partial charge in [-0.3, -0.25) is 4.79 Å². The lowest BCUT2D eigenvalue weighted by atomic mass is 10.0. The molecular formula is C27H32N2O3. The molecule has 3 rings (SSSR count). The number of nitrogens with two attached hydrogens (primary N) is 1. The van der Waals surface area contributed by atoms with Crippen LogP contribution in [-0.4, -0.2) is 23.1 Å². The smallest absolute Gasteiger partial charge is 0.253 e. The second kappa shape index (κ2) is 11.5. The Balaban J connectivity index is 1.48. The maximum Gasteiger partial charge on any atom is 0.253 e. The summed E-state index contributed by atoms with van der Waals surface area (Å²) in [5.74, 6) is 0.273. The molecule has 3 aromatic carbocycles. The zero-order valence-corrected chi connectivity index (χ0v) is 18.7. The Morgan fingerprint density at radius 2 is 1.47 bits per heavy atom. The molecule has 0 saturated heterocycles. The molecule has 0 saturated carbocycles. The molecule has 0 aromatic heterocycles. The number of aliphatic hydroxyl groups excluding tert-OH is 1. The highest BCUT2D eigenvalue weighted by Gasteiger charge is 2.19. The van der Waals surface area contributed by atoms with E-state index in [4.69, 9.17) is 10.5 Å². The fraction of sp³-hybridized carbons (Fsp3) is 0.296. The zero-order valence-electron chi connectivity index (χ0n) is 18.7. The van der Waals surface area contributed by atoms with E-state index in [1.165, 1.54) is 5.56 Å². The first-order valence-electron chi connectivity index (χ1n) is 11.0. The summed E-state index contributed by atoms with van der Waals surface area (Å²) in [7, 11) is 0. The monoisotopic (exact) mass is 432 g/mol. The van der Waals surface area contributed by atoms with Crippen LogP contribution in [0.5, 0.6) is 5.75 Å². The third-order valence-corrected chi connectivity index (χ3v) is 5.20. The number of amides is 1. The Labute approximate surface area is 190 Å². The Kier molecular flexibility index (Phi) is 8.42. The number of rotatable bonds is 10. The van der Waals surface area contributed by atoms with E-state index < -0.39 is 12.0 Å². The quantitative estimate of drug-likeness (QED) is 0.453. The average Bonchev–Trinajstić information content (AvgIpc) is 2.79. The van der Waals surface area contributed by atoms with Crippen LogP contribution in [-0.2, 0) is 24.2 Å². The van der Waals surface area contributed by atoms with Gasteiger partial charge in [-0.2, -0.15) is 0 Å². The van der Waals surface area contributed by atoms with Crippen LogP contribution in [0.2, 0.25) is 0 Å². The van der Waals surface area contributed by atoms with Crippen LogP contribution in [0.25, 0.3) is 0 Å². The van der Waals surface area contributed by atoms with Gasteiger partial charge < -0.3 is 20.9 Å². The first kappa shape index (κ1) is 23.5. The number of hydrogen-bond donors (Lipinski definition) is 3. The summed E-state index contributed by atoms with van der Waals surface area (Å²) in [5.41, 5.74) is 9.78. The van der Waals surface area contributed by atoms with Crippen LogP contribution < -0.4 is 15.8 Å². The largest absolute Gasteiger partial charge is 0.489 e. The average molecular weight is 433 g/mol. The lowest BCUT2D eigenvalue weighted by molar-refractivity contribution is -0.130. The van der Waals surface area contributed by atoms with E-state index >= 15 is 0 Å². The molecule has 0 unspecified atom stereocenters. The van der Waals surface area contributed by atoms with Crippen molar-refractivity contribution in [2.24, 2.45) is 5.73 Å². The van der Waals surface area contributed by atoms with Crippen molar-refractivity contribution < 1.29 is 14.6 Å². The molecule has 0 aliphatic rings. The van der Waals surface area contributed by atoms with Crippen molar-refractivity contribution in [3.05, 3.63) is 101 Å². The Bertz CT molecular complexity index is 970. The van der Waals surface area contributed by atoms with E-state index in [0.29, 0.717) is 24.3 Å². The lowest BCUT2D eigenvalue weighted by Crippen LogP contribution is -2.37. The van der Waals surface area contributed by atoms with E-state index in [-0.39, 0.29) is 12.1 Å². The first-order valence-corrected chi connectivity index (χ1v) is 11.0. The van der Waals surface area contributed by atoms with Gasteiger partial charge in [0.15, 0.2) is 6.10 Å². The summed E-state index contributed by atoms with van der Waals surface area (Å²) in [6.07, 6.45) is 0.298. The topological polar surface area (TPSA) is 84.6 Å². The SMILES string of the molecule is C[C@H](Cc1ccc(C[C@@H](C)N)cc1)NC(=O)[C@H](O)c1ccc(OCc2ccccc2)cc1. The third kappa shape index (κ3) is 7.22. The summed E-state index contributed by atoms with van der Waals surface area (Å²) < 4.78 is 5.76. The van der Waals surface area contributed by atoms with Gasteiger partial charge in [0, 0.05) is 12.1 Å². The second-order valence-electron chi connectivity index (χ2n) is 8.36. The van der Waals surface area contributed by atoms with Crippen LogP contribution in [0.3, 0.4) is 0 Å². The predicted octanol–water partition coefficient (Wildman–Crippen LogP) is 3.94. The summed E-state index contributed by atoms with van der Waals surface area (Å²) in [6, 6.07) is 25.1. The molecule has 3 atom stereocenters. The molecule has 32 heavy (non-hydrogen) atoms. The third-order valence-electron chi connectivity index (χ3n) is 5.20. The fourth-order valence-electron chi connectivity index (χ4n) is 3.55. The van der Waals surface area contributed by atoms with Crippen molar-refractivity contribution in [1.82, 2.24) is 5.32 Å². The van der Waals surface area contributed by atoms with Crippen LogP contribution in [0.1, 0.15) is 42.2 Å². The van der Waals surface area contributed by atoms with Crippen molar-refractivity contribution in [2.75, 3.05) is 0 Å². The minimum Gasteiger partial charge on any atom is -0.489 e. The number of carbonyl (C=O) groups excluding carboxylic acids is 1. The standard InChI is InChI=1S/C27H32N2O3/c1-19(28)16-21-8-10-22(11-9-21)17-20(2)29-27(31)26(30)24-12-14-25(15-13-24)32-18-23-6-4-3-5-7-23/h3-15,19-20,26,30H,16-18,28H2,1-2H3,(H,29,31)/t19-,20-,26-/m1/s1. The van der Waals surface area contributed by atoms with E-state index in [9.17, 15) is 9.90 Å². The van der Waals surface area contributed by atoms with Crippen LogP contribution >= 0.6 is 0 Å². The van der Waals surface area contributed by atoms with Gasteiger partial charge in [0.25, 0.3) is 5.91 Å². The van der Waals surface area contributed by atoms with Crippen LogP contribution in [0.15, 0.2) is 78.9 Å². The molecule has 0 bridgehead atoms. The lowest BCUT2D eigenvalue weighted by Gasteiger charge is -2.18. The minimum absolute atomic E-state index is 0.107. The van der Waals surface area contributed by atoms with Gasteiger partial charge in [0.05, 0.1) is 0 Å². The highest BCUT2D eigenvalue weighted by Crippen LogP contribution is 2.19. The molecule has 168 valence electrons. The molecular weight excluding hydrogens is 400 g/mol. The zero-order chi connectivity index (χ0) is 22.9. The molecule has 5 nitrogen and oxygen atoms in total. The van der Waals surface area contributed by atoms with Gasteiger partial charge in [-0.15, -0.1) is 0 Å². The van der Waals surface area contributed by atoms with Gasteiger partial charge >= 0.3 is 0 Å². The van der Waals surface area contributed by atoms with Crippen molar-refractivity contribution in [2.45, 2.75) is 51.5 Å².